The number of halogens is 1. The number of anilines is 1. The van der Waals surface area contributed by atoms with Gasteiger partial charge in [-0.2, -0.15) is 0 Å². The lowest BCUT2D eigenvalue weighted by atomic mass is 9.79. The number of nitrogens with one attached hydrogen (secondary N) is 1. The van der Waals surface area contributed by atoms with Crippen LogP contribution in [-0.2, 0) is 0 Å². The van der Waals surface area contributed by atoms with Crippen LogP contribution >= 0.6 is 11.6 Å². The van der Waals surface area contributed by atoms with Gasteiger partial charge in [-0.3, -0.25) is 0 Å². The third-order valence-electron chi connectivity index (χ3n) is 4.41. The minimum atomic E-state index is 0.367. The van der Waals surface area contributed by atoms with Gasteiger partial charge in [-0.15, -0.1) is 0 Å². The number of benzene rings is 1. The molecule has 3 heteroatoms. The Morgan fingerprint density at radius 3 is 2.58 bits per heavy atom. The highest BCUT2D eigenvalue weighted by atomic mass is 35.5. The first-order valence-corrected chi connectivity index (χ1v) is 7.70. The van der Waals surface area contributed by atoms with E-state index in [1.54, 1.807) is 0 Å². The summed E-state index contributed by atoms with van der Waals surface area (Å²) < 4.78 is 0. The number of nitrogens with two attached hydrogens (primary N) is 1. The Kier molecular flexibility index (Phi) is 5.12. The summed E-state index contributed by atoms with van der Waals surface area (Å²) in [6, 6.07) is 6.52. The average molecular weight is 281 g/mol. The Labute approximate surface area is 121 Å². The number of rotatable bonds is 4. The van der Waals surface area contributed by atoms with E-state index in [-0.39, 0.29) is 0 Å². The lowest BCUT2D eigenvalue weighted by Crippen LogP contribution is -2.38. The smallest absolute Gasteiger partial charge is 0.0455 e. The summed E-state index contributed by atoms with van der Waals surface area (Å²) in [5.41, 5.74) is 8.16. The Morgan fingerprint density at radius 1 is 1.32 bits per heavy atom. The maximum absolute atomic E-state index is 6.17. The fourth-order valence-electron chi connectivity index (χ4n) is 2.95. The van der Waals surface area contributed by atoms with Crippen LogP contribution in [0.1, 0.15) is 38.2 Å². The van der Waals surface area contributed by atoms with Gasteiger partial charge in [-0.05, 0) is 49.3 Å². The molecule has 1 saturated carbocycles. The fourth-order valence-corrected chi connectivity index (χ4v) is 3.13. The van der Waals surface area contributed by atoms with Crippen LogP contribution in [-0.4, -0.2) is 12.6 Å². The SMILES string of the molecule is Cc1ccc(NC(CN)C2CCC(C)CC2)cc1Cl. The predicted octanol–water partition coefficient (Wildman–Crippen LogP) is 4.21. The van der Waals surface area contributed by atoms with Crippen LogP contribution in [0.25, 0.3) is 0 Å². The zero-order chi connectivity index (χ0) is 13.8. The molecule has 106 valence electrons. The molecule has 0 spiro atoms. The van der Waals surface area contributed by atoms with Crippen LogP contribution in [0.4, 0.5) is 5.69 Å². The molecular weight excluding hydrogens is 256 g/mol. The summed E-state index contributed by atoms with van der Waals surface area (Å²) in [5, 5.41) is 4.39. The largest absolute Gasteiger partial charge is 0.381 e. The molecule has 19 heavy (non-hydrogen) atoms. The van der Waals surface area contributed by atoms with E-state index in [9.17, 15) is 0 Å². The molecule has 3 N–H and O–H groups in total. The summed E-state index contributed by atoms with van der Waals surface area (Å²) >= 11 is 6.17. The molecule has 0 aromatic heterocycles. The normalized spacial score (nSPS) is 25.1. The van der Waals surface area contributed by atoms with E-state index in [0.717, 1.165) is 22.2 Å². The zero-order valence-corrected chi connectivity index (χ0v) is 12.7. The van der Waals surface area contributed by atoms with Crippen molar-refractivity contribution in [1.29, 1.82) is 0 Å². The number of aryl methyl sites for hydroxylation is 1. The van der Waals surface area contributed by atoms with Crippen molar-refractivity contribution >= 4 is 17.3 Å². The van der Waals surface area contributed by atoms with E-state index >= 15 is 0 Å². The average Bonchev–Trinajstić information content (AvgIpc) is 2.41. The first-order chi connectivity index (χ1) is 9.10. The molecule has 0 saturated heterocycles. The monoisotopic (exact) mass is 280 g/mol. The number of hydrogen-bond acceptors (Lipinski definition) is 2. The Hall–Kier alpha value is -0.730. The van der Waals surface area contributed by atoms with Gasteiger partial charge in [0.2, 0.25) is 0 Å². The van der Waals surface area contributed by atoms with Crippen LogP contribution in [0.2, 0.25) is 5.02 Å². The summed E-state index contributed by atoms with van der Waals surface area (Å²) in [6.07, 6.45) is 5.24. The van der Waals surface area contributed by atoms with E-state index < -0.39 is 0 Å². The molecule has 0 amide bonds. The highest BCUT2D eigenvalue weighted by Crippen LogP contribution is 2.31. The van der Waals surface area contributed by atoms with Gasteiger partial charge in [0, 0.05) is 23.3 Å². The molecule has 1 aliphatic rings. The summed E-state index contributed by atoms with van der Waals surface area (Å²) in [7, 11) is 0. The van der Waals surface area contributed by atoms with E-state index in [4.69, 9.17) is 17.3 Å². The van der Waals surface area contributed by atoms with E-state index in [0.29, 0.717) is 18.5 Å². The molecule has 1 fully saturated rings. The van der Waals surface area contributed by atoms with E-state index in [1.807, 2.05) is 13.0 Å². The van der Waals surface area contributed by atoms with Gasteiger partial charge in [0.05, 0.1) is 0 Å². The molecule has 2 rings (SSSR count). The van der Waals surface area contributed by atoms with Crippen molar-refractivity contribution in [3.8, 4) is 0 Å². The summed E-state index contributed by atoms with van der Waals surface area (Å²) in [5.74, 6) is 1.57. The molecular formula is C16H25ClN2. The van der Waals surface area contributed by atoms with E-state index in [1.165, 1.54) is 25.7 Å². The molecule has 1 aliphatic carbocycles. The van der Waals surface area contributed by atoms with Gasteiger partial charge >= 0.3 is 0 Å². The summed E-state index contributed by atoms with van der Waals surface area (Å²) in [6.45, 7) is 5.06. The number of hydrogen-bond donors (Lipinski definition) is 2. The van der Waals surface area contributed by atoms with Crippen LogP contribution in [0.3, 0.4) is 0 Å². The van der Waals surface area contributed by atoms with Gasteiger partial charge in [0.25, 0.3) is 0 Å². The second kappa shape index (κ2) is 6.62. The predicted molar refractivity (Wildman–Crippen MR) is 83.8 cm³/mol. The maximum atomic E-state index is 6.17. The van der Waals surface area contributed by atoms with Crippen LogP contribution in [0.15, 0.2) is 18.2 Å². The van der Waals surface area contributed by atoms with Crippen LogP contribution in [0, 0.1) is 18.8 Å². The topological polar surface area (TPSA) is 38.0 Å². The van der Waals surface area contributed by atoms with Crippen molar-refractivity contribution in [1.82, 2.24) is 0 Å². The second-order valence-electron chi connectivity index (χ2n) is 5.97. The zero-order valence-electron chi connectivity index (χ0n) is 12.0. The third kappa shape index (κ3) is 3.87. The minimum absolute atomic E-state index is 0.367. The Balaban J connectivity index is 2.00. The maximum Gasteiger partial charge on any atom is 0.0455 e. The lowest BCUT2D eigenvalue weighted by Gasteiger charge is -2.33. The molecule has 0 heterocycles. The van der Waals surface area contributed by atoms with Crippen LogP contribution < -0.4 is 11.1 Å². The molecule has 1 aromatic carbocycles. The van der Waals surface area contributed by atoms with Crippen LogP contribution in [0.5, 0.6) is 0 Å². The fraction of sp³-hybridized carbons (Fsp3) is 0.625. The van der Waals surface area contributed by atoms with Crippen molar-refractivity contribution in [2.24, 2.45) is 17.6 Å². The molecule has 2 nitrogen and oxygen atoms in total. The standard InChI is InChI=1S/C16H25ClN2/c1-11-3-6-13(7-4-11)16(10-18)19-14-8-5-12(2)15(17)9-14/h5,8-9,11,13,16,19H,3-4,6-7,10,18H2,1-2H3. The molecule has 1 atom stereocenters. The van der Waals surface area contributed by atoms with Crippen molar-refractivity contribution in [2.75, 3.05) is 11.9 Å². The lowest BCUT2D eigenvalue weighted by molar-refractivity contribution is 0.265. The molecule has 0 aliphatic heterocycles. The van der Waals surface area contributed by atoms with E-state index in [2.05, 4.69) is 24.4 Å². The second-order valence-corrected chi connectivity index (χ2v) is 6.38. The Morgan fingerprint density at radius 2 is 2.00 bits per heavy atom. The van der Waals surface area contributed by atoms with Gasteiger partial charge < -0.3 is 11.1 Å². The quantitative estimate of drug-likeness (QED) is 0.867. The molecule has 1 aromatic rings. The van der Waals surface area contributed by atoms with Crippen molar-refractivity contribution in [2.45, 2.75) is 45.6 Å². The van der Waals surface area contributed by atoms with Gasteiger partial charge in [-0.25, -0.2) is 0 Å². The first kappa shape index (κ1) is 14.7. The third-order valence-corrected chi connectivity index (χ3v) is 4.81. The molecule has 0 radical (unpaired) electrons. The molecule has 1 unspecified atom stereocenters. The van der Waals surface area contributed by atoms with Gasteiger partial charge in [-0.1, -0.05) is 37.4 Å². The first-order valence-electron chi connectivity index (χ1n) is 7.33. The Bertz CT molecular complexity index is 411. The van der Waals surface area contributed by atoms with Crippen molar-refractivity contribution in [3.63, 3.8) is 0 Å². The minimum Gasteiger partial charge on any atom is -0.381 e. The van der Waals surface area contributed by atoms with Crippen molar-refractivity contribution < 1.29 is 0 Å². The highest BCUT2D eigenvalue weighted by Gasteiger charge is 2.25. The van der Waals surface area contributed by atoms with Crippen molar-refractivity contribution in [3.05, 3.63) is 28.8 Å². The highest BCUT2D eigenvalue weighted by molar-refractivity contribution is 6.31. The summed E-state index contributed by atoms with van der Waals surface area (Å²) in [4.78, 5) is 0. The van der Waals surface area contributed by atoms with Gasteiger partial charge in [0.1, 0.15) is 0 Å². The van der Waals surface area contributed by atoms with Gasteiger partial charge in [0.15, 0.2) is 0 Å². The molecule has 0 bridgehead atoms.